The number of fused-ring (bicyclic) bond motifs is 1. The Hall–Kier alpha value is -0.780. The van der Waals surface area contributed by atoms with Crippen LogP contribution in [0.1, 0.15) is 56.6 Å². The van der Waals surface area contributed by atoms with E-state index in [1.54, 1.807) is 6.07 Å². The fraction of sp³-hybridized carbons (Fsp3) is 0.611. The molecule has 0 radical (unpaired) electrons. The van der Waals surface area contributed by atoms with Crippen molar-refractivity contribution in [3.05, 3.63) is 29.6 Å². The molecule has 1 fully saturated rings. The third kappa shape index (κ3) is 4.24. The molecule has 134 valence electrons. The van der Waals surface area contributed by atoms with Crippen molar-refractivity contribution < 1.29 is 9.18 Å². The van der Waals surface area contributed by atoms with Gasteiger partial charge in [-0.2, -0.15) is 0 Å². The van der Waals surface area contributed by atoms with Gasteiger partial charge in [-0.3, -0.25) is 4.79 Å². The monoisotopic (exact) mass is 372 g/mol. The molecule has 1 aromatic rings. The Kier molecular flexibility index (Phi) is 6.96. The Balaban J connectivity index is 0.00000208. The quantitative estimate of drug-likeness (QED) is 0.832. The lowest BCUT2D eigenvalue weighted by Crippen LogP contribution is -2.40. The Morgan fingerprint density at radius 1 is 1.33 bits per heavy atom. The van der Waals surface area contributed by atoms with Gasteiger partial charge in [0.05, 0.1) is 6.04 Å². The van der Waals surface area contributed by atoms with Crippen LogP contribution in [0.4, 0.5) is 4.39 Å². The number of carbonyl (C=O) groups is 1. The van der Waals surface area contributed by atoms with Crippen molar-refractivity contribution in [2.75, 3.05) is 12.3 Å². The topological polar surface area (TPSA) is 55.1 Å². The van der Waals surface area contributed by atoms with Gasteiger partial charge in [0.1, 0.15) is 5.82 Å². The van der Waals surface area contributed by atoms with Crippen LogP contribution in [0.3, 0.4) is 0 Å². The van der Waals surface area contributed by atoms with Gasteiger partial charge in [0.2, 0.25) is 5.91 Å². The third-order valence-electron chi connectivity index (χ3n) is 5.24. The summed E-state index contributed by atoms with van der Waals surface area (Å²) < 4.78 is 13.9. The van der Waals surface area contributed by atoms with Crippen LogP contribution >= 0.6 is 24.2 Å². The van der Waals surface area contributed by atoms with E-state index in [9.17, 15) is 9.18 Å². The van der Waals surface area contributed by atoms with Gasteiger partial charge in [-0.15, -0.1) is 24.2 Å². The molecule has 2 aliphatic rings. The first kappa shape index (κ1) is 19.5. The van der Waals surface area contributed by atoms with E-state index in [2.05, 4.69) is 5.32 Å². The van der Waals surface area contributed by atoms with E-state index in [0.29, 0.717) is 17.9 Å². The summed E-state index contributed by atoms with van der Waals surface area (Å²) in [6, 6.07) is 5.06. The predicted molar refractivity (Wildman–Crippen MR) is 99.1 cm³/mol. The van der Waals surface area contributed by atoms with E-state index in [1.807, 2.05) is 6.07 Å². The molecule has 1 amide bonds. The summed E-state index contributed by atoms with van der Waals surface area (Å²) in [7, 11) is 0. The highest BCUT2D eigenvalue weighted by Gasteiger charge is 2.34. The normalized spacial score (nSPS) is 22.2. The Morgan fingerprint density at radius 2 is 2.08 bits per heavy atom. The highest BCUT2D eigenvalue weighted by Crippen LogP contribution is 2.40. The summed E-state index contributed by atoms with van der Waals surface area (Å²) in [6.45, 7) is 0.576. The zero-order valence-corrected chi connectivity index (χ0v) is 15.5. The maximum Gasteiger partial charge on any atom is 0.221 e. The third-order valence-corrected chi connectivity index (χ3v) is 6.40. The Bertz CT molecular complexity index is 578. The maximum absolute atomic E-state index is 13.9. The van der Waals surface area contributed by atoms with E-state index in [0.717, 1.165) is 30.6 Å². The second kappa shape index (κ2) is 8.54. The van der Waals surface area contributed by atoms with Gasteiger partial charge < -0.3 is 11.1 Å². The molecule has 0 aromatic heterocycles. The number of halogens is 2. The van der Waals surface area contributed by atoms with Crippen molar-refractivity contribution in [3.63, 3.8) is 0 Å². The molecular weight excluding hydrogens is 347 g/mol. The Morgan fingerprint density at radius 3 is 2.79 bits per heavy atom. The molecule has 3 N–H and O–H groups in total. The summed E-state index contributed by atoms with van der Waals surface area (Å²) in [5.74, 6) is 0.711. The average Bonchev–Trinajstić information content (AvgIpc) is 2.56. The molecule has 1 aliphatic carbocycles. The number of rotatable bonds is 4. The van der Waals surface area contributed by atoms with E-state index in [-0.39, 0.29) is 35.6 Å². The molecule has 0 bridgehead atoms. The fourth-order valence-electron chi connectivity index (χ4n) is 3.88. The summed E-state index contributed by atoms with van der Waals surface area (Å²) >= 11 is 1.54. The molecule has 0 saturated heterocycles. The van der Waals surface area contributed by atoms with Crippen molar-refractivity contribution in [1.29, 1.82) is 0 Å². The zero-order chi connectivity index (χ0) is 16.3. The Labute approximate surface area is 153 Å². The molecular formula is C18H26ClFN2OS. The predicted octanol–water partition coefficient (Wildman–Crippen LogP) is 4.20. The lowest BCUT2D eigenvalue weighted by atomic mass is 9.71. The summed E-state index contributed by atoms with van der Waals surface area (Å²) in [5, 5.41) is 3.13. The number of nitrogens with one attached hydrogen (secondary N) is 1. The van der Waals surface area contributed by atoms with Crippen LogP contribution in [0.15, 0.2) is 23.1 Å². The van der Waals surface area contributed by atoms with Crippen LogP contribution in [0.5, 0.6) is 0 Å². The summed E-state index contributed by atoms with van der Waals surface area (Å²) in [6.07, 6.45) is 7.01. The van der Waals surface area contributed by atoms with Crippen LogP contribution in [-0.2, 0) is 4.79 Å². The van der Waals surface area contributed by atoms with Crippen molar-refractivity contribution in [2.24, 2.45) is 11.1 Å². The van der Waals surface area contributed by atoms with Crippen LogP contribution < -0.4 is 11.1 Å². The van der Waals surface area contributed by atoms with Crippen LogP contribution in [0.2, 0.25) is 0 Å². The first-order chi connectivity index (χ1) is 11.1. The smallest absolute Gasteiger partial charge is 0.221 e. The van der Waals surface area contributed by atoms with E-state index in [1.165, 1.54) is 37.1 Å². The molecule has 1 atom stereocenters. The maximum atomic E-state index is 13.9. The minimum atomic E-state index is -0.183. The number of thioether (sulfide) groups is 1. The number of carbonyl (C=O) groups excluding carboxylic acids is 1. The highest BCUT2D eigenvalue weighted by atomic mass is 35.5. The van der Waals surface area contributed by atoms with Crippen molar-refractivity contribution in [1.82, 2.24) is 5.32 Å². The van der Waals surface area contributed by atoms with E-state index in [4.69, 9.17) is 5.73 Å². The second-order valence-electron chi connectivity index (χ2n) is 6.86. The first-order valence-corrected chi connectivity index (χ1v) is 9.53. The van der Waals surface area contributed by atoms with Gasteiger partial charge >= 0.3 is 0 Å². The van der Waals surface area contributed by atoms with Crippen molar-refractivity contribution in [2.45, 2.75) is 55.9 Å². The minimum absolute atomic E-state index is 0. The molecule has 24 heavy (non-hydrogen) atoms. The molecule has 1 heterocycles. The standard InChI is InChI=1S/C18H25FN2OS.ClH/c19-14-6-4-5-13-15(7-10-23-17(13)14)21-16(22)11-18(12-20)8-2-1-3-9-18;/h4-6,15H,1-3,7-12,20H2,(H,21,22);1H. The number of benzene rings is 1. The molecule has 1 aliphatic heterocycles. The SMILES string of the molecule is Cl.NCC1(CC(=O)NC2CCSc3c(F)cccc32)CCCCC1. The van der Waals surface area contributed by atoms with E-state index < -0.39 is 0 Å². The first-order valence-electron chi connectivity index (χ1n) is 8.54. The molecule has 6 heteroatoms. The van der Waals surface area contributed by atoms with Gasteiger partial charge in [-0.05, 0) is 42.9 Å². The fourth-order valence-corrected chi connectivity index (χ4v) is 5.02. The average molecular weight is 373 g/mol. The van der Waals surface area contributed by atoms with Crippen molar-refractivity contribution >= 4 is 30.1 Å². The molecule has 0 spiro atoms. The molecule has 1 aromatic carbocycles. The highest BCUT2D eigenvalue weighted by molar-refractivity contribution is 7.99. The number of nitrogens with two attached hydrogens (primary N) is 1. The summed E-state index contributed by atoms with van der Waals surface area (Å²) in [4.78, 5) is 13.3. The van der Waals surface area contributed by atoms with Gasteiger partial charge in [0, 0.05) is 17.1 Å². The number of hydrogen-bond donors (Lipinski definition) is 2. The molecule has 1 unspecified atom stereocenters. The van der Waals surface area contributed by atoms with E-state index >= 15 is 0 Å². The van der Waals surface area contributed by atoms with Gasteiger partial charge in [-0.25, -0.2) is 4.39 Å². The zero-order valence-electron chi connectivity index (χ0n) is 13.9. The van der Waals surface area contributed by atoms with Crippen LogP contribution in [0, 0.1) is 11.2 Å². The second-order valence-corrected chi connectivity index (χ2v) is 7.96. The van der Waals surface area contributed by atoms with Gasteiger partial charge in [0.25, 0.3) is 0 Å². The molecule has 3 nitrogen and oxygen atoms in total. The largest absolute Gasteiger partial charge is 0.349 e. The van der Waals surface area contributed by atoms with Crippen LogP contribution in [0.25, 0.3) is 0 Å². The lowest BCUT2D eigenvalue weighted by Gasteiger charge is -2.36. The van der Waals surface area contributed by atoms with Crippen LogP contribution in [-0.4, -0.2) is 18.2 Å². The van der Waals surface area contributed by atoms with Gasteiger partial charge in [-0.1, -0.05) is 31.4 Å². The minimum Gasteiger partial charge on any atom is -0.349 e. The lowest BCUT2D eigenvalue weighted by molar-refractivity contribution is -0.124. The summed E-state index contributed by atoms with van der Waals surface area (Å²) in [5.41, 5.74) is 6.87. The number of hydrogen-bond acceptors (Lipinski definition) is 3. The number of amides is 1. The van der Waals surface area contributed by atoms with Crippen molar-refractivity contribution in [3.8, 4) is 0 Å². The molecule has 3 rings (SSSR count). The molecule has 1 saturated carbocycles. The van der Waals surface area contributed by atoms with Gasteiger partial charge in [0.15, 0.2) is 0 Å².